The summed E-state index contributed by atoms with van der Waals surface area (Å²) in [5.74, 6) is 1.42. The van der Waals surface area contributed by atoms with Crippen LogP contribution in [0.15, 0.2) is 95.4 Å². The van der Waals surface area contributed by atoms with Crippen molar-refractivity contribution in [3.05, 3.63) is 107 Å². The third kappa shape index (κ3) is 10.7. The molecule has 0 bridgehead atoms. The van der Waals surface area contributed by atoms with E-state index in [0.717, 1.165) is 57.0 Å². The smallest absolute Gasteiger partial charge is 0.332 e. The summed E-state index contributed by atoms with van der Waals surface area (Å²) in [5.41, 5.74) is 3.92. The minimum absolute atomic E-state index is 0. The molecular weight excluding hydrogens is 880 g/mol. The Balaban J connectivity index is 0.000000175. The van der Waals surface area contributed by atoms with Gasteiger partial charge in [0.15, 0.2) is 12.1 Å². The van der Waals surface area contributed by atoms with Crippen LogP contribution in [0.4, 0.5) is 0 Å². The first kappa shape index (κ1) is 41.0. The lowest BCUT2D eigenvalue weighted by atomic mass is 10.3. The zero-order chi connectivity index (χ0) is 37.2. The quantitative estimate of drug-likeness (QED) is 0.0844. The first-order valence-electron chi connectivity index (χ1n) is 15.9. The molecule has 0 saturated heterocycles. The molecule has 0 amide bonds. The van der Waals surface area contributed by atoms with E-state index in [1.54, 1.807) is 44.1 Å². The van der Waals surface area contributed by atoms with E-state index in [1.165, 1.54) is 40.4 Å². The van der Waals surface area contributed by atoms with Crippen molar-refractivity contribution in [3.63, 3.8) is 0 Å². The Kier molecular flexibility index (Phi) is 15.1. The highest BCUT2D eigenvalue weighted by Gasteiger charge is 2.29. The summed E-state index contributed by atoms with van der Waals surface area (Å²) in [5, 5.41) is 12.0. The van der Waals surface area contributed by atoms with Crippen LogP contribution < -0.4 is 9.47 Å². The van der Waals surface area contributed by atoms with Gasteiger partial charge in [-0.15, -0.1) is 46.2 Å². The van der Waals surface area contributed by atoms with Crippen molar-refractivity contribution in [2.45, 2.75) is 30.5 Å². The lowest BCUT2D eigenvalue weighted by molar-refractivity contribution is -0.145. The molecule has 280 valence electrons. The molecule has 12 nitrogen and oxygen atoms in total. The molecule has 6 heterocycles. The van der Waals surface area contributed by atoms with Crippen molar-refractivity contribution in [3.8, 4) is 11.5 Å². The molecule has 2 aliphatic rings. The predicted octanol–water partition coefficient (Wildman–Crippen LogP) is 8.21. The third-order valence-corrected chi connectivity index (χ3v) is 12.7. The number of carbonyl (C=O) groups is 2. The number of aromatic nitrogens is 4. The molecule has 17 heteroatoms. The summed E-state index contributed by atoms with van der Waals surface area (Å²) in [7, 11) is 3.26. The Morgan fingerprint density at radius 1 is 0.778 bits per heavy atom. The van der Waals surface area contributed by atoms with Gasteiger partial charge in [0, 0.05) is 46.3 Å². The monoisotopic (exact) mass is 914 g/mol. The normalized spacial score (nSPS) is 15.8. The van der Waals surface area contributed by atoms with Crippen molar-refractivity contribution in [2.75, 3.05) is 25.7 Å². The second-order valence-electron chi connectivity index (χ2n) is 11.0. The zero-order valence-electron chi connectivity index (χ0n) is 28.2. The third-order valence-electron chi connectivity index (χ3n) is 7.40. The number of pyridine rings is 2. The first-order valence-corrected chi connectivity index (χ1v) is 21.0. The van der Waals surface area contributed by atoms with E-state index in [0.29, 0.717) is 16.5 Å². The van der Waals surface area contributed by atoms with E-state index in [-0.39, 0.29) is 20.0 Å². The number of carbonyl (C=O) groups excluding carboxylic acids is 1. The minimum Gasteiger partial charge on any atom is -0.497 e. The number of ether oxygens (including phenoxy) is 3. The van der Waals surface area contributed by atoms with Crippen molar-refractivity contribution < 1.29 is 28.9 Å². The number of hydrogen-bond acceptors (Lipinski definition) is 15. The summed E-state index contributed by atoms with van der Waals surface area (Å²) in [6.07, 6.45) is 7.03. The predicted molar refractivity (Wildman–Crippen MR) is 228 cm³/mol. The number of hydrogen-bond donors (Lipinski definition) is 1. The van der Waals surface area contributed by atoms with Crippen LogP contribution >= 0.6 is 68.8 Å². The van der Waals surface area contributed by atoms with Crippen LogP contribution in [0.25, 0.3) is 20.4 Å². The van der Waals surface area contributed by atoms with Crippen LogP contribution in [0, 0.1) is 0 Å². The van der Waals surface area contributed by atoms with Crippen LogP contribution in [-0.2, 0) is 25.4 Å². The number of rotatable bonds is 9. The topological polar surface area (TPSA) is 158 Å². The molecule has 0 radical (unpaired) electrons. The van der Waals surface area contributed by atoms with Crippen LogP contribution in [0.1, 0.15) is 28.6 Å². The van der Waals surface area contributed by atoms with Crippen molar-refractivity contribution >= 4 is 111 Å². The summed E-state index contributed by atoms with van der Waals surface area (Å²) in [6, 6.07) is 18.0. The fraction of sp³-hybridized carbons (Fsp3) is 0.243. The molecule has 4 aromatic heterocycles. The average Bonchev–Trinajstić information content (AvgIpc) is 4.03. The number of methoxy groups -OCH3 is 2. The number of nitrogens with zero attached hydrogens (tertiary/aromatic N) is 6. The van der Waals surface area contributed by atoms with Crippen molar-refractivity contribution in [2.24, 2.45) is 9.98 Å². The van der Waals surface area contributed by atoms with Gasteiger partial charge in [-0.3, -0.25) is 20.0 Å². The SMILES string of the molecule is C.COc1ccc2nc(C3=N[C@@H](C(=O)O)CS3)sc2c1.COc1ccc2nc(C3=N[C@@H](C(=O)OCc4cccnc4)CS3)sc2c1.ICc1cccnc1. The maximum absolute atomic E-state index is 12.3. The molecule has 0 unspecified atom stereocenters. The number of fused-ring (bicyclic) bond motifs is 2. The van der Waals surface area contributed by atoms with Gasteiger partial charge in [0.05, 0.1) is 34.7 Å². The van der Waals surface area contributed by atoms with Gasteiger partial charge in [-0.1, -0.05) is 42.2 Å². The van der Waals surface area contributed by atoms with Gasteiger partial charge >= 0.3 is 11.9 Å². The van der Waals surface area contributed by atoms with E-state index in [4.69, 9.17) is 19.3 Å². The lowest BCUT2D eigenvalue weighted by Gasteiger charge is -2.06. The molecule has 0 fully saturated rings. The van der Waals surface area contributed by atoms with Crippen LogP contribution in [0.2, 0.25) is 0 Å². The number of alkyl halides is 1. The first-order chi connectivity index (χ1) is 25.8. The molecule has 0 aliphatic carbocycles. The minimum atomic E-state index is -0.884. The van der Waals surface area contributed by atoms with Gasteiger partial charge < -0.3 is 19.3 Å². The van der Waals surface area contributed by atoms with Crippen molar-refractivity contribution in [1.29, 1.82) is 0 Å². The fourth-order valence-electron chi connectivity index (χ4n) is 4.69. The van der Waals surface area contributed by atoms with E-state index in [9.17, 15) is 9.59 Å². The standard InChI is InChI=1S/C18H15N3O3S2.C12H10N2O3S2.C6H6IN.CH4/c1-23-12-4-5-13-15(7-12)26-17(20-13)16-21-14(10-25-16)18(22)24-9-11-3-2-6-19-8-11;1-17-6-2-3-7-9(4-6)19-11(13-7)10-14-8(5-18-10)12(15)16;7-4-6-2-1-3-8-5-6;/h2-8,14H,9-10H2,1H3;2-4,8H,5H2,1H3,(H,15,16);1-3,5H,4H2;1H4/t14-;8-;;/m11../s1. The highest BCUT2D eigenvalue weighted by molar-refractivity contribution is 14.1. The molecule has 2 aliphatic heterocycles. The zero-order valence-corrected chi connectivity index (χ0v) is 33.7. The van der Waals surface area contributed by atoms with Gasteiger partial charge in [0.1, 0.15) is 38.2 Å². The number of aliphatic imine (C=N–C) groups is 2. The fourth-order valence-corrected chi connectivity index (χ4v) is 9.31. The molecule has 6 aromatic rings. The Bertz CT molecular complexity index is 2250. The van der Waals surface area contributed by atoms with Gasteiger partial charge in [-0.05, 0) is 54.1 Å². The number of benzene rings is 2. The van der Waals surface area contributed by atoms with Crippen molar-refractivity contribution in [1.82, 2.24) is 19.9 Å². The Labute approximate surface area is 342 Å². The molecule has 2 atom stereocenters. The second-order valence-corrected chi connectivity index (χ2v) is 15.9. The highest BCUT2D eigenvalue weighted by Crippen LogP contribution is 2.33. The maximum atomic E-state index is 12.3. The van der Waals surface area contributed by atoms with Gasteiger partial charge in [0.2, 0.25) is 0 Å². The van der Waals surface area contributed by atoms with Gasteiger partial charge in [0.25, 0.3) is 0 Å². The molecule has 54 heavy (non-hydrogen) atoms. The average molecular weight is 915 g/mol. The number of thioether (sulfide) groups is 2. The molecule has 8 rings (SSSR count). The highest BCUT2D eigenvalue weighted by atomic mass is 127. The molecule has 0 spiro atoms. The largest absolute Gasteiger partial charge is 0.497 e. The Morgan fingerprint density at radius 2 is 1.30 bits per heavy atom. The number of esters is 1. The molecule has 2 aromatic carbocycles. The van der Waals surface area contributed by atoms with E-state index >= 15 is 0 Å². The molecule has 1 N–H and O–H groups in total. The van der Waals surface area contributed by atoms with Crippen LogP contribution in [0.3, 0.4) is 0 Å². The Morgan fingerprint density at radius 3 is 1.74 bits per heavy atom. The number of carboxylic acids is 1. The van der Waals surface area contributed by atoms with E-state index in [2.05, 4.69) is 58.6 Å². The number of aliphatic carboxylic acids is 1. The summed E-state index contributed by atoms with van der Waals surface area (Å²) in [4.78, 5) is 48.9. The van der Waals surface area contributed by atoms with E-state index in [1.807, 2.05) is 60.8 Å². The summed E-state index contributed by atoms with van der Waals surface area (Å²) in [6.45, 7) is 0.208. The second kappa shape index (κ2) is 19.9. The lowest BCUT2D eigenvalue weighted by Crippen LogP contribution is -2.21. The molecular formula is C37H35IN6O6S4. The number of halogens is 1. The Hall–Kier alpha value is -4.17. The summed E-state index contributed by atoms with van der Waals surface area (Å²) < 4.78 is 18.9. The van der Waals surface area contributed by atoms with Gasteiger partial charge in [-0.25, -0.2) is 19.6 Å². The van der Waals surface area contributed by atoms with Crippen LogP contribution in [-0.4, -0.2) is 84.9 Å². The van der Waals surface area contributed by atoms with Crippen LogP contribution in [0.5, 0.6) is 11.5 Å². The van der Waals surface area contributed by atoms with Gasteiger partial charge in [-0.2, -0.15) is 0 Å². The van der Waals surface area contributed by atoms with E-state index < -0.39 is 18.1 Å². The number of carboxylic acid groups (broad SMARTS) is 1. The maximum Gasteiger partial charge on any atom is 0.332 e. The number of thiazole rings is 2. The summed E-state index contributed by atoms with van der Waals surface area (Å²) >= 11 is 8.34. The molecule has 0 saturated carbocycles.